The predicted octanol–water partition coefficient (Wildman–Crippen LogP) is 3.10. The quantitative estimate of drug-likeness (QED) is 0.759. The molecule has 1 aromatic carbocycles. The van der Waals surface area contributed by atoms with Gasteiger partial charge in [0.2, 0.25) is 0 Å². The molecule has 1 aliphatic heterocycles. The normalized spacial score (nSPS) is 16.0. The molecule has 3 aromatic rings. The largest absolute Gasteiger partial charge is 0.382 e. The van der Waals surface area contributed by atoms with E-state index in [1.807, 2.05) is 28.8 Å². The maximum atomic E-state index is 6.16. The Morgan fingerprint density at radius 1 is 1.22 bits per heavy atom. The second kappa shape index (κ2) is 5.83. The fraction of sp³-hybridized carbons (Fsp3) is 0.294. The molecule has 3 heterocycles. The standard InChI is InChI=1S/C17H18ClN5/c18-13-3-1-2-12(8-13)14-9-15(11-4-6-20-7-5-11)23-16(14)17(19)21-10-22-23/h1-3,8-11,20H,4-7H2,(H2,19,21,22). The summed E-state index contributed by atoms with van der Waals surface area (Å²) in [6.45, 7) is 2.07. The maximum Gasteiger partial charge on any atom is 0.151 e. The summed E-state index contributed by atoms with van der Waals surface area (Å²) in [5.74, 6) is 0.973. The minimum absolute atomic E-state index is 0.478. The average molecular weight is 328 g/mol. The molecular weight excluding hydrogens is 310 g/mol. The molecule has 0 amide bonds. The van der Waals surface area contributed by atoms with Crippen molar-refractivity contribution < 1.29 is 0 Å². The molecule has 1 fully saturated rings. The highest BCUT2D eigenvalue weighted by Crippen LogP contribution is 2.36. The lowest BCUT2D eigenvalue weighted by Gasteiger charge is -2.22. The van der Waals surface area contributed by atoms with Gasteiger partial charge >= 0.3 is 0 Å². The number of rotatable bonds is 2. The van der Waals surface area contributed by atoms with Crippen LogP contribution in [0.3, 0.4) is 0 Å². The molecular formula is C17H18ClN5. The third-order valence-corrected chi connectivity index (χ3v) is 4.74. The van der Waals surface area contributed by atoms with Gasteiger partial charge in [0.1, 0.15) is 11.8 Å². The van der Waals surface area contributed by atoms with Crippen LogP contribution in [-0.2, 0) is 0 Å². The Kier molecular flexibility index (Phi) is 3.67. The van der Waals surface area contributed by atoms with Gasteiger partial charge in [0.25, 0.3) is 0 Å². The van der Waals surface area contributed by atoms with Crippen molar-refractivity contribution in [2.24, 2.45) is 0 Å². The monoisotopic (exact) mass is 327 g/mol. The van der Waals surface area contributed by atoms with Crippen LogP contribution in [0.15, 0.2) is 36.7 Å². The number of nitrogens with zero attached hydrogens (tertiary/aromatic N) is 3. The minimum atomic E-state index is 0.478. The second-order valence-electron chi connectivity index (χ2n) is 5.92. The van der Waals surface area contributed by atoms with Crippen LogP contribution in [0, 0.1) is 0 Å². The van der Waals surface area contributed by atoms with E-state index in [1.165, 1.54) is 12.0 Å². The second-order valence-corrected chi connectivity index (χ2v) is 6.36. The van der Waals surface area contributed by atoms with Gasteiger partial charge in [-0.05, 0) is 49.7 Å². The highest BCUT2D eigenvalue weighted by molar-refractivity contribution is 6.30. The van der Waals surface area contributed by atoms with Crippen LogP contribution in [0.25, 0.3) is 16.6 Å². The smallest absolute Gasteiger partial charge is 0.151 e. The topological polar surface area (TPSA) is 68.2 Å². The van der Waals surface area contributed by atoms with Crippen LogP contribution in [0.2, 0.25) is 5.02 Å². The molecule has 4 rings (SSSR count). The minimum Gasteiger partial charge on any atom is -0.382 e. The Morgan fingerprint density at radius 2 is 2.04 bits per heavy atom. The van der Waals surface area contributed by atoms with Gasteiger partial charge in [0.05, 0.1) is 0 Å². The first-order valence-corrected chi connectivity index (χ1v) is 8.20. The van der Waals surface area contributed by atoms with E-state index in [4.69, 9.17) is 17.3 Å². The molecule has 0 saturated carbocycles. The SMILES string of the molecule is Nc1ncnn2c(C3CCNCC3)cc(-c3cccc(Cl)c3)c12. The molecule has 2 aromatic heterocycles. The summed E-state index contributed by atoms with van der Waals surface area (Å²) >= 11 is 6.16. The molecule has 0 radical (unpaired) electrons. The van der Waals surface area contributed by atoms with Gasteiger partial charge in [0, 0.05) is 22.2 Å². The molecule has 118 valence electrons. The Balaban J connectivity index is 1.94. The summed E-state index contributed by atoms with van der Waals surface area (Å²) in [7, 11) is 0. The van der Waals surface area contributed by atoms with Gasteiger partial charge in [0.15, 0.2) is 5.82 Å². The molecule has 3 N–H and O–H groups in total. The van der Waals surface area contributed by atoms with E-state index >= 15 is 0 Å². The molecule has 0 bridgehead atoms. The Hall–Kier alpha value is -2.11. The van der Waals surface area contributed by atoms with E-state index in [-0.39, 0.29) is 0 Å². The Morgan fingerprint density at radius 3 is 2.83 bits per heavy atom. The third-order valence-electron chi connectivity index (χ3n) is 4.50. The van der Waals surface area contributed by atoms with Crippen LogP contribution in [0.5, 0.6) is 0 Å². The van der Waals surface area contributed by atoms with E-state index in [9.17, 15) is 0 Å². The maximum absolute atomic E-state index is 6.16. The first kappa shape index (κ1) is 14.5. The van der Waals surface area contributed by atoms with Crippen molar-refractivity contribution in [1.29, 1.82) is 0 Å². The van der Waals surface area contributed by atoms with E-state index in [0.717, 1.165) is 42.6 Å². The van der Waals surface area contributed by atoms with Crippen LogP contribution < -0.4 is 11.1 Å². The van der Waals surface area contributed by atoms with Gasteiger partial charge < -0.3 is 11.1 Å². The van der Waals surface area contributed by atoms with Crippen LogP contribution in [0.1, 0.15) is 24.5 Å². The molecule has 1 saturated heterocycles. The summed E-state index contributed by atoms with van der Waals surface area (Å²) in [6.07, 6.45) is 3.73. The van der Waals surface area contributed by atoms with E-state index < -0.39 is 0 Å². The van der Waals surface area contributed by atoms with E-state index in [1.54, 1.807) is 0 Å². The number of piperidine rings is 1. The number of benzene rings is 1. The molecule has 0 atom stereocenters. The lowest BCUT2D eigenvalue weighted by Crippen LogP contribution is -2.27. The number of nitrogen functional groups attached to an aromatic ring is 1. The zero-order valence-electron chi connectivity index (χ0n) is 12.7. The van der Waals surface area contributed by atoms with E-state index in [0.29, 0.717) is 16.8 Å². The number of halogens is 1. The van der Waals surface area contributed by atoms with Crippen molar-refractivity contribution in [3.63, 3.8) is 0 Å². The lowest BCUT2D eigenvalue weighted by molar-refractivity contribution is 0.448. The molecule has 0 spiro atoms. The first-order chi connectivity index (χ1) is 11.2. The molecule has 23 heavy (non-hydrogen) atoms. The summed E-state index contributed by atoms with van der Waals surface area (Å²) in [5, 5.41) is 8.57. The van der Waals surface area contributed by atoms with Crippen molar-refractivity contribution in [1.82, 2.24) is 19.9 Å². The number of fused-ring (bicyclic) bond motifs is 1. The Bertz CT molecular complexity index is 851. The number of nitrogens with one attached hydrogen (secondary N) is 1. The van der Waals surface area contributed by atoms with Gasteiger partial charge in [-0.3, -0.25) is 0 Å². The highest BCUT2D eigenvalue weighted by atomic mass is 35.5. The first-order valence-electron chi connectivity index (χ1n) is 7.83. The van der Waals surface area contributed by atoms with Crippen LogP contribution in [0.4, 0.5) is 5.82 Å². The van der Waals surface area contributed by atoms with E-state index in [2.05, 4.69) is 21.5 Å². The number of anilines is 1. The third kappa shape index (κ3) is 2.56. The predicted molar refractivity (Wildman–Crippen MR) is 92.7 cm³/mol. The molecule has 0 aliphatic carbocycles. The van der Waals surface area contributed by atoms with Crippen molar-refractivity contribution in [3.05, 3.63) is 47.4 Å². The van der Waals surface area contributed by atoms with Crippen molar-refractivity contribution in [3.8, 4) is 11.1 Å². The van der Waals surface area contributed by atoms with Gasteiger partial charge in [-0.1, -0.05) is 23.7 Å². The van der Waals surface area contributed by atoms with Gasteiger partial charge in [-0.2, -0.15) is 5.10 Å². The number of nitrogens with two attached hydrogens (primary N) is 1. The van der Waals surface area contributed by atoms with Crippen molar-refractivity contribution in [2.45, 2.75) is 18.8 Å². The number of hydrogen-bond acceptors (Lipinski definition) is 4. The summed E-state index contributed by atoms with van der Waals surface area (Å²) in [5.41, 5.74) is 10.3. The summed E-state index contributed by atoms with van der Waals surface area (Å²) in [4.78, 5) is 4.17. The molecule has 5 nitrogen and oxygen atoms in total. The summed E-state index contributed by atoms with van der Waals surface area (Å²) < 4.78 is 1.95. The van der Waals surface area contributed by atoms with Crippen LogP contribution >= 0.6 is 11.6 Å². The average Bonchev–Trinajstić information content (AvgIpc) is 2.97. The Labute approximate surface area is 139 Å². The van der Waals surface area contributed by atoms with Crippen molar-refractivity contribution in [2.75, 3.05) is 18.8 Å². The fourth-order valence-corrected chi connectivity index (χ4v) is 3.57. The number of hydrogen-bond donors (Lipinski definition) is 2. The van der Waals surface area contributed by atoms with Crippen molar-refractivity contribution >= 4 is 22.9 Å². The molecule has 6 heteroatoms. The molecule has 1 aliphatic rings. The number of aromatic nitrogens is 3. The summed E-state index contributed by atoms with van der Waals surface area (Å²) in [6, 6.07) is 10.0. The fourth-order valence-electron chi connectivity index (χ4n) is 3.38. The molecule has 0 unspecified atom stereocenters. The van der Waals surface area contributed by atoms with Gasteiger partial charge in [-0.25, -0.2) is 9.50 Å². The van der Waals surface area contributed by atoms with Crippen LogP contribution in [-0.4, -0.2) is 27.7 Å². The highest BCUT2D eigenvalue weighted by Gasteiger charge is 2.23. The van der Waals surface area contributed by atoms with Gasteiger partial charge in [-0.15, -0.1) is 0 Å². The lowest BCUT2D eigenvalue weighted by atomic mass is 9.94. The zero-order valence-corrected chi connectivity index (χ0v) is 13.4. The zero-order chi connectivity index (χ0) is 15.8.